The number of H-pyrrole nitrogens is 1. The van der Waals surface area contributed by atoms with E-state index in [0.717, 1.165) is 0 Å². The molecule has 76 valence electrons. The molecule has 0 spiro atoms. The van der Waals surface area contributed by atoms with E-state index in [0.29, 0.717) is 11.4 Å². The van der Waals surface area contributed by atoms with Crippen molar-refractivity contribution in [3.05, 3.63) is 36.3 Å². The SMILES string of the molecule is Nc1cc(C(=O)Nc2ccncc2)[nH]n1. The molecule has 2 heterocycles. The molecule has 0 bridgehead atoms. The summed E-state index contributed by atoms with van der Waals surface area (Å²) in [4.78, 5) is 15.4. The molecule has 0 saturated carbocycles. The van der Waals surface area contributed by atoms with Gasteiger partial charge in [-0.15, -0.1) is 0 Å². The van der Waals surface area contributed by atoms with Crippen LogP contribution in [0.2, 0.25) is 0 Å². The maximum atomic E-state index is 11.6. The Bertz CT molecular complexity index is 464. The Labute approximate surface area is 85.5 Å². The van der Waals surface area contributed by atoms with E-state index in [1.807, 2.05) is 0 Å². The Morgan fingerprint density at radius 3 is 2.73 bits per heavy atom. The molecule has 0 aromatic carbocycles. The Balaban J connectivity index is 2.11. The second-order valence-electron chi connectivity index (χ2n) is 2.90. The highest BCUT2D eigenvalue weighted by molar-refractivity contribution is 6.03. The average molecular weight is 203 g/mol. The van der Waals surface area contributed by atoms with Crippen LogP contribution in [0.25, 0.3) is 0 Å². The zero-order chi connectivity index (χ0) is 10.7. The second-order valence-corrected chi connectivity index (χ2v) is 2.90. The van der Waals surface area contributed by atoms with Gasteiger partial charge in [-0.1, -0.05) is 0 Å². The molecule has 0 fully saturated rings. The Morgan fingerprint density at radius 2 is 2.13 bits per heavy atom. The molecule has 0 aliphatic carbocycles. The molecular formula is C9H9N5O. The summed E-state index contributed by atoms with van der Waals surface area (Å²) in [7, 11) is 0. The fraction of sp³-hybridized carbons (Fsp3) is 0. The van der Waals surface area contributed by atoms with Crippen molar-refractivity contribution >= 4 is 17.4 Å². The van der Waals surface area contributed by atoms with Crippen molar-refractivity contribution < 1.29 is 4.79 Å². The van der Waals surface area contributed by atoms with Gasteiger partial charge in [-0.05, 0) is 12.1 Å². The number of anilines is 2. The third kappa shape index (κ3) is 2.11. The molecule has 0 saturated heterocycles. The lowest BCUT2D eigenvalue weighted by atomic mass is 10.3. The van der Waals surface area contributed by atoms with Crippen LogP contribution in [-0.4, -0.2) is 21.1 Å². The first kappa shape index (κ1) is 9.20. The summed E-state index contributed by atoms with van der Waals surface area (Å²) in [6.07, 6.45) is 3.19. The number of hydrogen-bond donors (Lipinski definition) is 3. The van der Waals surface area contributed by atoms with Gasteiger partial charge in [0.15, 0.2) is 0 Å². The zero-order valence-corrected chi connectivity index (χ0v) is 7.77. The number of aromatic amines is 1. The van der Waals surface area contributed by atoms with Crippen molar-refractivity contribution in [2.75, 3.05) is 11.1 Å². The third-order valence-electron chi connectivity index (χ3n) is 1.78. The van der Waals surface area contributed by atoms with Crippen molar-refractivity contribution in [2.45, 2.75) is 0 Å². The van der Waals surface area contributed by atoms with Crippen LogP contribution in [0.3, 0.4) is 0 Å². The van der Waals surface area contributed by atoms with E-state index in [-0.39, 0.29) is 11.7 Å². The van der Waals surface area contributed by atoms with Crippen molar-refractivity contribution in [2.24, 2.45) is 0 Å². The van der Waals surface area contributed by atoms with E-state index in [4.69, 9.17) is 5.73 Å². The number of rotatable bonds is 2. The van der Waals surface area contributed by atoms with Crippen LogP contribution in [0.4, 0.5) is 11.5 Å². The van der Waals surface area contributed by atoms with Crippen LogP contribution < -0.4 is 11.1 Å². The number of nitrogens with one attached hydrogen (secondary N) is 2. The Morgan fingerprint density at radius 1 is 1.40 bits per heavy atom. The van der Waals surface area contributed by atoms with Gasteiger partial charge < -0.3 is 11.1 Å². The van der Waals surface area contributed by atoms with E-state index >= 15 is 0 Å². The van der Waals surface area contributed by atoms with E-state index in [1.54, 1.807) is 24.5 Å². The minimum Gasteiger partial charge on any atom is -0.382 e. The van der Waals surface area contributed by atoms with Crippen LogP contribution in [-0.2, 0) is 0 Å². The number of nitrogen functional groups attached to an aromatic ring is 1. The smallest absolute Gasteiger partial charge is 0.273 e. The van der Waals surface area contributed by atoms with E-state index < -0.39 is 0 Å². The quantitative estimate of drug-likeness (QED) is 0.667. The largest absolute Gasteiger partial charge is 0.382 e. The number of carbonyl (C=O) groups excluding carboxylic acids is 1. The van der Waals surface area contributed by atoms with E-state index in [2.05, 4.69) is 20.5 Å². The monoisotopic (exact) mass is 203 g/mol. The Hall–Kier alpha value is -2.37. The van der Waals surface area contributed by atoms with Gasteiger partial charge in [0.2, 0.25) is 0 Å². The first-order valence-corrected chi connectivity index (χ1v) is 4.28. The summed E-state index contributed by atoms with van der Waals surface area (Å²) in [6.45, 7) is 0. The molecule has 0 aliphatic heterocycles. The van der Waals surface area contributed by atoms with Gasteiger partial charge in [0.05, 0.1) is 0 Å². The summed E-state index contributed by atoms with van der Waals surface area (Å²) in [5.41, 5.74) is 6.37. The van der Waals surface area contributed by atoms with Gasteiger partial charge in [0.1, 0.15) is 11.5 Å². The normalized spacial score (nSPS) is 9.87. The lowest BCUT2D eigenvalue weighted by Gasteiger charge is -2.01. The Kier molecular flexibility index (Phi) is 2.32. The molecule has 6 heteroatoms. The molecule has 15 heavy (non-hydrogen) atoms. The molecule has 1 amide bonds. The summed E-state index contributed by atoms with van der Waals surface area (Å²) in [5, 5.41) is 8.85. The lowest BCUT2D eigenvalue weighted by molar-refractivity contribution is 0.102. The van der Waals surface area contributed by atoms with Crippen LogP contribution in [0.5, 0.6) is 0 Å². The van der Waals surface area contributed by atoms with Gasteiger partial charge in [-0.3, -0.25) is 14.9 Å². The summed E-state index contributed by atoms with van der Waals surface area (Å²) in [5.74, 6) is 0.000258. The fourth-order valence-corrected chi connectivity index (χ4v) is 1.09. The van der Waals surface area contributed by atoms with Gasteiger partial charge >= 0.3 is 0 Å². The molecule has 6 nitrogen and oxygen atoms in total. The highest BCUT2D eigenvalue weighted by atomic mass is 16.1. The number of nitrogens with zero attached hydrogens (tertiary/aromatic N) is 2. The van der Waals surface area contributed by atoms with Crippen molar-refractivity contribution in [3.8, 4) is 0 Å². The van der Waals surface area contributed by atoms with Gasteiger partial charge in [0, 0.05) is 24.1 Å². The number of aromatic nitrogens is 3. The summed E-state index contributed by atoms with van der Waals surface area (Å²) < 4.78 is 0. The maximum absolute atomic E-state index is 11.6. The minimum absolute atomic E-state index is 0.287. The van der Waals surface area contributed by atoms with Crippen LogP contribution in [0, 0.1) is 0 Å². The first-order chi connectivity index (χ1) is 7.25. The van der Waals surface area contributed by atoms with E-state index in [9.17, 15) is 4.79 Å². The lowest BCUT2D eigenvalue weighted by Crippen LogP contribution is -2.12. The summed E-state index contributed by atoms with van der Waals surface area (Å²) in [6, 6.07) is 4.85. The number of hydrogen-bond acceptors (Lipinski definition) is 4. The minimum atomic E-state index is -0.287. The average Bonchev–Trinajstić information content (AvgIpc) is 2.66. The van der Waals surface area contributed by atoms with Crippen LogP contribution in [0.1, 0.15) is 10.5 Å². The van der Waals surface area contributed by atoms with Gasteiger partial charge in [-0.2, -0.15) is 5.10 Å². The van der Waals surface area contributed by atoms with Crippen molar-refractivity contribution in [1.29, 1.82) is 0 Å². The maximum Gasteiger partial charge on any atom is 0.273 e. The second kappa shape index (κ2) is 3.79. The topological polar surface area (TPSA) is 96.7 Å². The fourth-order valence-electron chi connectivity index (χ4n) is 1.09. The molecule has 0 aliphatic rings. The van der Waals surface area contributed by atoms with Crippen LogP contribution >= 0.6 is 0 Å². The highest BCUT2D eigenvalue weighted by Gasteiger charge is 2.08. The molecule has 4 N–H and O–H groups in total. The number of pyridine rings is 1. The molecular weight excluding hydrogens is 194 g/mol. The zero-order valence-electron chi connectivity index (χ0n) is 7.77. The first-order valence-electron chi connectivity index (χ1n) is 4.28. The number of carbonyl (C=O) groups is 1. The molecule has 2 aromatic heterocycles. The van der Waals surface area contributed by atoms with Gasteiger partial charge in [0.25, 0.3) is 5.91 Å². The number of amides is 1. The molecule has 0 unspecified atom stereocenters. The predicted octanol–water partition coefficient (Wildman–Crippen LogP) is 0.639. The molecule has 2 rings (SSSR count). The molecule has 0 atom stereocenters. The molecule has 2 aromatic rings. The number of nitrogens with two attached hydrogens (primary N) is 1. The van der Waals surface area contributed by atoms with Crippen molar-refractivity contribution in [1.82, 2.24) is 15.2 Å². The summed E-state index contributed by atoms with van der Waals surface area (Å²) >= 11 is 0. The predicted molar refractivity (Wildman–Crippen MR) is 55.2 cm³/mol. The van der Waals surface area contributed by atoms with Crippen molar-refractivity contribution in [3.63, 3.8) is 0 Å². The van der Waals surface area contributed by atoms with Gasteiger partial charge in [-0.25, -0.2) is 0 Å². The highest BCUT2D eigenvalue weighted by Crippen LogP contribution is 2.07. The third-order valence-corrected chi connectivity index (χ3v) is 1.78. The molecule has 0 radical (unpaired) electrons. The van der Waals surface area contributed by atoms with E-state index in [1.165, 1.54) is 6.07 Å². The van der Waals surface area contributed by atoms with Crippen LogP contribution in [0.15, 0.2) is 30.6 Å². The standard InChI is InChI=1S/C9H9N5O/c10-8-5-7(13-14-8)9(15)12-6-1-3-11-4-2-6/h1-5H,(H3,10,13,14)(H,11,12,15).